The van der Waals surface area contributed by atoms with Gasteiger partial charge < -0.3 is 5.48 Å². The van der Waals surface area contributed by atoms with Crippen LogP contribution in [0.5, 0.6) is 0 Å². The quantitative estimate of drug-likeness (QED) is 0.122. The van der Waals surface area contributed by atoms with Crippen LogP contribution >= 0.6 is 68.7 Å². The molecule has 0 atom stereocenters. The molecule has 38 heavy (non-hydrogen) atoms. The molecule has 0 saturated heterocycles. The van der Waals surface area contributed by atoms with Crippen LogP contribution in [-0.4, -0.2) is 33.3 Å². The Kier molecular flexibility index (Phi) is 13.0. The van der Waals surface area contributed by atoms with Gasteiger partial charge in [-0.05, 0) is 0 Å². The first-order chi connectivity index (χ1) is 18.0. The third kappa shape index (κ3) is 9.90. The monoisotopic (exact) mass is 782 g/mol. The van der Waals surface area contributed by atoms with Crippen LogP contribution in [0.1, 0.15) is 11.1 Å². The van der Waals surface area contributed by atoms with E-state index in [-0.39, 0.29) is 18.3 Å². The van der Waals surface area contributed by atoms with Crippen molar-refractivity contribution in [1.82, 2.24) is 0 Å². The van der Waals surface area contributed by atoms with E-state index in [0.717, 1.165) is 37.8 Å². The Morgan fingerprint density at radius 3 is 1.39 bits per heavy atom. The molecule has 0 heterocycles. The summed E-state index contributed by atoms with van der Waals surface area (Å²) in [6.45, 7) is 0. The summed E-state index contributed by atoms with van der Waals surface area (Å²) in [5, 5.41) is 0. The molecule has 0 aliphatic heterocycles. The molecule has 5 nitrogen and oxygen atoms in total. The van der Waals surface area contributed by atoms with E-state index in [0.29, 0.717) is 0 Å². The fourth-order valence-electron chi connectivity index (χ4n) is 3.28. The first kappa shape index (κ1) is 31.0. The third-order valence-electron chi connectivity index (χ3n) is 5.02. The zero-order valence-electron chi connectivity index (χ0n) is 19.9. The molecule has 0 aromatic heterocycles. The Hall–Kier alpha value is -1.53. The molecule has 0 amide bonds. The number of carbonyl (C=O) groups is 2. The molecule has 0 aliphatic carbocycles. The van der Waals surface area contributed by atoms with Gasteiger partial charge in [-0.1, -0.05) is 0 Å². The van der Waals surface area contributed by atoms with Crippen molar-refractivity contribution in [3.05, 3.63) is 115 Å². The molecule has 0 aliphatic rings. The van der Waals surface area contributed by atoms with Crippen LogP contribution in [0.4, 0.5) is 0 Å². The number of benzene rings is 4. The molecular weight excluding hydrogens is 761 g/mol. The van der Waals surface area contributed by atoms with Crippen LogP contribution in [0.2, 0.25) is 0 Å². The average Bonchev–Trinajstić information content (AvgIpc) is 2.89. The van der Waals surface area contributed by atoms with E-state index < -0.39 is 27.8 Å². The number of halogens is 2. The van der Waals surface area contributed by atoms with Gasteiger partial charge in [-0.2, -0.15) is 0 Å². The van der Waals surface area contributed by atoms with Gasteiger partial charge in [0.15, 0.2) is 0 Å². The minimum atomic E-state index is -1.22. The van der Waals surface area contributed by atoms with Gasteiger partial charge in [-0.25, -0.2) is 0 Å². The van der Waals surface area contributed by atoms with Crippen LogP contribution in [0.15, 0.2) is 117 Å². The number of carbonyl (C=O) groups excluding carboxylic acids is 2. The summed E-state index contributed by atoms with van der Waals surface area (Å²) < 4.78 is 12.5. The molecule has 4 aromatic rings. The molecule has 0 spiro atoms. The third-order valence-corrected chi connectivity index (χ3v) is 9.84. The Labute approximate surface area is 264 Å². The van der Waals surface area contributed by atoms with E-state index >= 15 is 0 Å². The summed E-state index contributed by atoms with van der Waals surface area (Å²) in [6, 6.07) is 32.2. The minimum Gasteiger partial charge on any atom is -0.870 e. The standard InChI is InChI=1S/2C14H11IO2S.Al.H2O/c2*15-13-7-6-12(8-10(13)9-14(16)17)18-11-4-2-1-3-5-11;;/h2*1-8H,9H2,(H,16,17);;1H2/q;;+3;/p-3. The molecule has 4 aromatic carbocycles. The van der Waals surface area contributed by atoms with Crippen molar-refractivity contribution in [3.63, 3.8) is 0 Å². The van der Waals surface area contributed by atoms with Crippen molar-refractivity contribution in [2.24, 2.45) is 0 Å². The summed E-state index contributed by atoms with van der Waals surface area (Å²) in [5.74, 6) is -0.808. The molecule has 1 N–H and O–H groups in total. The summed E-state index contributed by atoms with van der Waals surface area (Å²) >= 11 is 6.49. The van der Waals surface area contributed by atoms with Gasteiger partial charge in [0.05, 0.1) is 0 Å². The number of rotatable bonds is 10. The summed E-state index contributed by atoms with van der Waals surface area (Å²) in [7, 11) is 0. The van der Waals surface area contributed by atoms with E-state index in [2.05, 4.69) is 45.2 Å². The molecule has 0 unspecified atom stereocenters. The first-order valence-electron chi connectivity index (χ1n) is 11.2. The van der Waals surface area contributed by atoms with Crippen molar-refractivity contribution in [2.45, 2.75) is 32.4 Å². The maximum atomic E-state index is 12.4. The normalized spacial score (nSPS) is 10.2. The average molecular weight is 782 g/mol. The second-order valence-electron chi connectivity index (χ2n) is 7.77. The predicted molar refractivity (Wildman–Crippen MR) is 167 cm³/mol. The van der Waals surface area contributed by atoms with Crippen molar-refractivity contribution in [2.75, 3.05) is 0 Å². The van der Waals surface area contributed by atoms with Crippen molar-refractivity contribution in [3.8, 4) is 0 Å². The number of hydrogen-bond donors (Lipinski definition) is 0. The molecule has 0 radical (unpaired) electrons. The van der Waals surface area contributed by atoms with Crippen molar-refractivity contribution >= 4 is 96.5 Å². The van der Waals surface area contributed by atoms with Crippen LogP contribution in [-0.2, 0) is 30.0 Å². The van der Waals surface area contributed by atoms with Crippen molar-refractivity contribution in [1.29, 1.82) is 0 Å². The van der Waals surface area contributed by atoms with Crippen LogP contribution in [0, 0.1) is 7.14 Å². The predicted octanol–water partition coefficient (Wildman–Crippen LogP) is 7.43. The van der Waals surface area contributed by atoms with Crippen LogP contribution in [0.25, 0.3) is 0 Å². The minimum absolute atomic E-state index is 0. The van der Waals surface area contributed by atoms with Gasteiger partial charge in [-0.15, -0.1) is 0 Å². The van der Waals surface area contributed by atoms with Gasteiger partial charge in [0.2, 0.25) is 0 Å². The Morgan fingerprint density at radius 2 is 1.00 bits per heavy atom. The molecule has 4 rings (SSSR count). The van der Waals surface area contributed by atoms with Gasteiger partial charge in [0.25, 0.3) is 0 Å². The Bertz CT molecular complexity index is 1270. The summed E-state index contributed by atoms with van der Waals surface area (Å²) in [5.41, 5.74) is 1.78. The van der Waals surface area contributed by atoms with Crippen molar-refractivity contribution < 1.29 is 22.6 Å². The van der Waals surface area contributed by atoms with E-state index in [9.17, 15) is 9.59 Å². The fourth-order valence-corrected chi connectivity index (χ4v) is 6.56. The van der Waals surface area contributed by atoms with E-state index in [1.807, 2.05) is 97.1 Å². The Balaban J connectivity index is 0.00000400. The second-order valence-corrected chi connectivity index (χ2v) is 13.0. The number of hydrogen-bond acceptors (Lipinski definition) is 7. The summed E-state index contributed by atoms with van der Waals surface area (Å²) in [4.78, 5) is 29.2. The zero-order valence-corrected chi connectivity index (χ0v) is 27.0. The van der Waals surface area contributed by atoms with E-state index in [1.165, 1.54) is 0 Å². The largest absolute Gasteiger partial charge is 0.870 e. The molecule has 0 bridgehead atoms. The topological polar surface area (TPSA) is 82.6 Å². The maximum absolute atomic E-state index is 12.4. The molecule has 10 heteroatoms. The SMILES string of the molecule is O=C(Cc1cc(Sc2ccccc2)ccc1I)[O][Al+][O]C(=O)Cc1cc(Sc2ccccc2)ccc1I.[OH-]. The molecule has 0 saturated carbocycles. The zero-order chi connectivity index (χ0) is 26.0. The molecule has 0 fully saturated rings. The van der Waals surface area contributed by atoms with Gasteiger partial charge in [0, 0.05) is 0 Å². The van der Waals surface area contributed by atoms with Gasteiger partial charge >= 0.3 is 261 Å². The molecule has 192 valence electrons. The van der Waals surface area contributed by atoms with Crippen LogP contribution < -0.4 is 0 Å². The first-order valence-corrected chi connectivity index (χ1v) is 15.9. The van der Waals surface area contributed by atoms with Gasteiger partial charge in [0.1, 0.15) is 0 Å². The van der Waals surface area contributed by atoms with Gasteiger partial charge in [-0.3, -0.25) is 0 Å². The summed E-state index contributed by atoms with van der Waals surface area (Å²) in [6.07, 6.45) is 0.255. The second kappa shape index (κ2) is 15.9. The van der Waals surface area contributed by atoms with E-state index in [1.54, 1.807) is 23.5 Å². The Morgan fingerprint density at radius 1 is 0.605 bits per heavy atom. The van der Waals surface area contributed by atoms with Crippen LogP contribution in [0.3, 0.4) is 0 Å². The molecular formula is C28H21AlI2O5S2. The maximum Gasteiger partial charge on any atom is -0.870 e. The van der Waals surface area contributed by atoms with E-state index in [4.69, 9.17) is 7.58 Å². The fraction of sp³-hybridized carbons (Fsp3) is 0.0714. The smallest absolute Gasteiger partial charge is 0.870 e.